The fourth-order valence-corrected chi connectivity index (χ4v) is 3.09. The Hall–Kier alpha value is -3.27. The van der Waals surface area contributed by atoms with Gasteiger partial charge < -0.3 is 14.8 Å². The number of alkyl carbamates (subject to hydrolysis) is 1. The molecule has 156 valence electrons. The molecule has 1 N–H and O–H groups in total. The molecule has 0 bridgehead atoms. The predicted octanol–water partition coefficient (Wildman–Crippen LogP) is 6.23. The topological polar surface area (TPSA) is 47.6 Å². The molecule has 0 heterocycles. The van der Waals surface area contributed by atoms with Crippen molar-refractivity contribution in [2.24, 2.45) is 0 Å². The third-order valence-electron chi connectivity index (χ3n) is 4.47. The van der Waals surface area contributed by atoms with Gasteiger partial charge in [-0.2, -0.15) is 0 Å². The molecular weight excluding hydrogens is 374 g/mol. The average Bonchev–Trinajstić information content (AvgIpc) is 2.71. The molecule has 0 spiro atoms. The Labute approximate surface area is 178 Å². The Morgan fingerprint density at radius 2 is 1.50 bits per heavy atom. The van der Waals surface area contributed by atoms with E-state index in [1.807, 2.05) is 52.0 Å². The molecule has 0 saturated heterocycles. The summed E-state index contributed by atoms with van der Waals surface area (Å²) in [4.78, 5) is 11.8. The van der Waals surface area contributed by atoms with Crippen molar-refractivity contribution in [3.05, 3.63) is 78.4 Å². The van der Waals surface area contributed by atoms with Crippen LogP contribution in [0.15, 0.2) is 72.8 Å². The maximum Gasteiger partial charge on any atom is 0.407 e. The van der Waals surface area contributed by atoms with Crippen LogP contribution in [0.1, 0.15) is 26.3 Å². The first-order chi connectivity index (χ1) is 14.3. The van der Waals surface area contributed by atoms with E-state index in [1.54, 1.807) is 0 Å². The Balaban J connectivity index is 1.67. The molecule has 4 nitrogen and oxygen atoms in total. The molecule has 4 heteroatoms. The molecule has 0 aliphatic carbocycles. The second-order valence-electron chi connectivity index (χ2n) is 8.22. The molecule has 0 saturated carbocycles. The van der Waals surface area contributed by atoms with E-state index in [-0.39, 0.29) is 0 Å². The fourth-order valence-electron chi connectivity index (χ4n) is 3.09. The van der Waals surface area contributed by atoms with E-state index in [2.05, 4.69) is 53.8 Å². The third kappa shape index (κ3) is 6.11. The normalized spacial score (nSPS) is 11.1. The van der Waals surface area contributed by atoms with E-state index in [0.717, 1.165) is 22.4 Å². The van der Waals surface area contributed by atoms with Crippen LogP contribution in [0.5, 0.6) is 5.75 Å². The lowest BCUT2D eigenvalue weighted by molar-refractivity contribution is 0.0520. The average molecular weight is 404 g/mol. The zero-order chi connectivity index (χ0) is 21.6. The molecule has 1 amide bonds. The highest BCUT2D eigenvalue weighted by atomic mass is 16.6. The highest BCUT2D eigenvalue weighted by Gasteiger charge is 2.15. The molecular formula is C26H29NO3. The van der Waals surface area contributed by atoms with Crippen molar-refractivity contribution < 1.29 is 14.3 Å². The zero-order valence-corrected chi connectivity index (χ0v) is 18.1. The summed E-state index contributed by atoms with van der Waals surface area (Å²) in [7, 11) is 0. The van der Waals surface area contributed by atoms with Gasteiger partial charge in [0.2, 0.25) is 0 Å². The van der Waals surface area contributed by atoms with E-state index in [0.29, 0.717) is 13.2 Å². The monoisotopic (exact) mass is 403 g/mol. The fraction of sp³-hybridized carbons (Fsp3) is 0.269. The summed E-state index contributed by atoms with van der Waals surface area (Å²) in [6.45, 7) is 8.28. The van der Waals surface area contributed by atoms with Gasteiger partial charge in [-0.05, 0) is 56.0 Å². The summed E-state index contributed by atoms with van der Waals surface area (Å²) in [5.41, 5.74) is 5.09. The summed E-state index contributed by atoms with van der Waals surface area (Å²) in [6.07, 6.45) is -0.438. The Kier molecular flexibility index (Phi) is 6.78. The number of carbonyl (C=O) groups is 1. The zero-order valence-electron chi connectivity index (χ0n) is 18.1. The first-order valence-electron chi connectivity index (χ1n) is 10.2. The van der Waals surface area contributed by atoms with Gasteiger partial charge in [0.15, 0.2) is 0 Å². The van der Waals surface area contributed by atoms with Gasteiger partial charge in [-0.3, -0.25) is 0 Å². The van der Waals surface area contributed by atoms with E-state index in [1.165, 1.54) is 11.1 Å². The van der Waals surface area contributed by atoms with Crippen molar-refractivity contribution in [2.45, 2.75) is 33.3 Å². The SMILES string of the molecule is Cc1ccc(-c2ccc(-c3ccccc3)cc2)c(OCCNC(=O)OC(C)(C)C)c1. The number of benzene rings is 3. The standard InChI is InChI=1S/C26H29NO3/c1-19-10-15-23(22-13-11-21(12-14-22)20-8-6-5-7-9-20)24(18-19)29-17-16-27-25(28)30-26(2,3)4/h5-15,18H,16-17H2,1-4H3,(H,27,28). The largest absolute Gasteiger partial charge is 0.491 e. The van der Waals surface area contributed by atoms with Crippen LogP contribution in [0.4, 0.5) is 4.79 Å². The molecule has 0 aliphatic rings. The molecule has 0 aliphatic heterocycles. The Morgan fingerprint density at radius 3 is 2.17 bits per heavy atom. The molecule has 0 unspecified atom stereocenters. The van der Waals surface area contributed by atoms with Gasteiger partial charge in [0, 0.05) is 5.56 Å². The highest BCUT2D eigenvalue weighted by Crippen LogP contribution is 2.32. The van der Waals surface area contributed by atoms with Gasteiger partial charge in [0.05, 0.1) is 6.54 Å². The minimum absolute atomic E-state index is 0.359. The number of rotatable bonds is 6. The molecule has 0 aromatic heterocycles. The predicted molar refractivity (Wildman–Crippen MR) is 122 cm³/mol. The maximum absolute atomic E-state index is 11.8. The highest BCUT2D eigenvalue weighted by molar-refractivity contribution is 5.74. The van der Waals surface area contributed by atoms with Gasteiger partial charge in [0.25, 0.3) is 0 Å². The van der Waals surface area contributed by atoms with Crippen molar-refractivity contribution in [1.82, 2.24) is 5.32 Å². The summed E-state index contributed by atoms with van der Waals surface area (Å²) >= 11 is 0. The summed E-state index contributed by atoms with van der Waals surface area (Å²) in [6, 6.07) is 24.9. The van der Waals surface area contributed by atoms with Crippen LogP contribution in [0.25, 0.3) is 22.3 Å². The molecule has 30 heavy (non-hydrogen) atoms. The van der Waals surface area contributed by atoms with Crippen LogP contribution in [-0.4, -0.2) is 24.8 Å². The molecule has 3 rings (SSSR count). The van der Waals surface area contributed by atoms with E-state index < -0.39 is 11.7 Å². The minimum atomic E-state index is -0.513. The third-order valence-corrected chi connectivity index (χ3v) is 4.47. The molecule has 3 aromatic carbocycles. The van der Waals surface area contributed by atoms with Gasteiger partial charge in [-0.25, -0.2) is 4.79 Å². The number of amides is 1. The smallest absolute Gasteiger partial charge is 0.407 e. The second kappa shape index (κ2) is 9.49. The van der Waals surface area contributed by atoms with Crippen LogP contribution in [-0.2, 0) is 4.74 Å². The molecule has 0 fully saturated rings. The minimum Gasteiger partial charge on any atom is -0.491 e. The van der Waals surface area contributed by atoms with Gasteiger partial charge in [0.1, 0.15) is 18.0 Å². The van der Waals surface area contributed by atoms with Crippen molar-refractivity contribution >= 4 is 6.09 Å². The molecule has 0 radical (unpaired) electrons. The Bertz CT molecular complexity index is 973. The van der Waals surface area contributed by atoms with Crippen LogP contribution in [0.2, 0.25) is 0 Å². The van der Waals surface area contributed by atoms with E-state index >= 15 is 0 Å². The Morgan fingerprint density at radius 1 is 0.867 bits per heavy atom. The molecule has 3 aromatic rings. The lowest BCUT2D eigenvalue weighted by Crippen LogP contribution is -2.34. The first kappa shape index (κ1) is 21.4. The summed E-state index contributed by atoms with van der Waals surface area (Å²) in [5, 5.41) is 2.72. The summed E-state index contributed by atoms with van der Waals surface area (Å²) in [5.74, 6) is 0.799. The van der Waals surface area contributed by atoms with Crippen molar-refractivity contribution in [3.8, 4) is 28.0 Å². The molecule has 0 atom stereocenters. The van der Waals surface area contributed by atoms with Crippen molar-refractivity contribution in [1.29, 1.82) is 0 Å². The van der Waals surface area contributed by atoms with Gasteiger partial charge in [-0.15, -0.1) is 0 Å². The lowest BCUT2D eigenvalue weighted by Gasteiger charge is -2.20. The number of aryl methyl sites for hydroxylation is 1. The number of nitrogens with one attached hydrogen (secondary N) is 1. The lowest BCUT2D eigenvalue weighted by atomic mass is 9.99. The van der Waals surface area contributed by atoms with E-state index in [4.69, 9.17) is 9.47 Å². The first-order valence-corrected chi connectivity index (χ1v) is 10.2. The van der Waals surface area contributed by atoms with Gasteiger partial charge in [-0.1, -0.05) is 66.7 Å². The number of hydrogen-bond acceptors (Lipinski definition) is 3. The maximum atomic E-state index is 11.8. The number of carbonyl (C=O) groups excluding carboxylic acids is 1. The quantitative estimate of drug-likeness (QED) is 0.496. The van der Waals surface area contributed by atoms with Gasteiger partial charge >= 0.3 is 6.09 Å². The number of hydrogen-bond donors (Lipinski definition) is 1. The van der Waals surface area contributed by atoms with Crippen LogP contribution < -0.4 is 10.1 Å². The second-order valence-corrected chi connectivity index (χ2v) is 8.22. The van der Waals surface area contributed by atoms with E-state index in [9.17, 15) is 4.79 Å². The van der Waals surface area contributed by atoms with Crippen LogP contribution in [0.3, 0.4) is 0 Å². The number of ether oxygens (including phenoxy) is 2. The van der Waals surface area contributed by atoms with Crippen molar-refractivity contribution in [2.75, 3.05) is 13.2 Å². The van der Waals surface area contributed by atoms with Crippen LogP contribution >= 0.6 is 0 Å². The van der Waals surface area contributed by atoms with Crippen molar-refractivity contribution in [3.63, 3.8) is 0 Å². The summed E-state index contributed by atoms with van der Waals surface area (Å²) < 4.78 is 11.2. The van der Waals surface area contributed by atoms with Crippen LogP contribution in [0, 0.1) is 6.92 Å².